The molecule has 0 aromatic carbocycles. The van der Waals surface area contributed by atoms with E-state index in [0.29, 0.717) is 17.4 Å². The molecular formula is C13H14N6. The number of hydrogen-bond acceptors (Lipinski definition) is 5. The monoisotopic (exact) mass is 254 g/mol. The summed E-state index contributed by atoms with van der Waals surface area (Å²) in [5.41, 5.74) is 1.74. The van der Waals surface area contributed by atoms with Crippen molar-refractivity contribution >= 4 is 5.82 Å². The number of aromatic nitrogens is 4. The summed E-state index contributed by atoms with van der Waals surface area (Å²) in [4.78, 5) is 2.10. The third-order valence-electron chi connectivity index (χ3n) is 3.39. The molecule has 0 aliphatic carbocycles. The van der Waals surface area contributed by atoms with Gasteiger partial charge >= 0.3 is 0 Å². The molecule has 1 aliphatic heterocycles. The van der Waals surface area contributed by atoms with Gasteiger partial charge in [-0.3, -0.25) is 4.68 Å². The van der Waals surface area contributed by atoms with Crippen LogP contribution in [-0.2, 0) is 0 Å². The highest BCUT2D eigenvalue weighted by molar-refractivity contribution is 5.53. The summed E-state index contributed by atoms with van der Waals surface area (Å²) in [6.07, 6.45) is 6.47. The zero-order valence-corrected chi connectivity index (χ0v) is 10.7. The highest BCUT2D eigenvalue weighted by Crippen LogP contribution is 2.26. The predicted molar refractivity (Wildman–Crippen MR) is 69.6 cm³/mol. The van der Waals surface area contributed by atoms with Crippen LogP contribution < -0.4 is 4.90 Å². The fourth-order valence-corrected chi connectivity index (χ4v) is 2.43. The second-order valence-electron chi connectivity index (χ2n) is 4.77. The van der Waals surface area contributed by atoms with Crippen LogP contribution in [0.2, 0.25) is 0 Å². The van der Waals surface area contributed by atoms with Crippen LogP contribution in [0.5, 0.6) is 0 Å². The van der Waals surface area contributed by atoms with E-state index in [1.54, 1.807) is 12.3 Å². The summed E-state index contributed by atoms with van der Waals surface area (Å²) in [6.45, 7) is 3.72. The van der Waals surface area contributed by atoms with Gasteiger partial charge in [-0.05, 0) is 25.0 Å². The molecule has 0 saturated carbocycles. The van der Waals surface area contributed by atoms with Crippen molar-refractivity contribution in [3.63, 3.8) is 0 Å². The van der Waals surface area contributed by atoms with Gasteiger partial charge in [0.1, 0.15) is 6.07 Å². The van der Waals surface area contributed by atoms with Crippen LogP contribution in [0.25, 0.3) is 0 Å². The Morgan fingerprint density at radius 1 is 1.47 bits per heavy atom. The lowest BCUT2D eigenvalue weighted by atomic mass is 10.3. The van der Waals surface area contributed by atoms with Crippen molar-refractivity contribution in [2.75, 3.05) is 18.0 Å². The average Bonchev–Trinajstić information content (AvgIpc) is 3.07. The van der Waals surface area contributed by atoms with Crippen molar-refractivity contribution in [2.24, 2.45) is 0 Å². The van der Waals surface area contributed by atoms with Crippen molar-refractivity contribution in [1.82, 2.24) is 20.0 Å². The summed E-state index contributed by atoms with van der Waals surface area (Å²) in [5.74, 6) is 0.677. The molecule has 3 rings (SSSR count). The van der Waals surface area contributed by atoms with E-state index >= 15 is 0 Å². The molecule has 1 saturated heterocycles. The maximum atomic E-state index is 9.10. The SMILES string of the molecule is Cc1cnn(C2CCN(c3nnccc3C#N)C2)c1. The van der Waals surface area contributed by atoms with E-state index in [-0.39, 0.29) is 0 Å². The quantitative estimate of drug-likeness (QED) is 0.808. The van der Waals surface area contributed by atoms with Gasteiger partial charge in [-0.25, -0.2) is 0 Å². The van der Waals surface area contributed by atoms with Crippen molar-refractivity contribution in [3.8, 4) is 6.07 Å². The first kappa shape index (κ1) is 11.7. The average molecular weight is 254 g/mol. The van der Waals surface area contributed by atoms with Crippen LogP contribution in [0.3, 0.4) is 0 Å². The van der Waals surface area contributed by atoms with E-state index < -0.39 is 0 Å². The Balaban J connectivity index is 1.81. The minimum absolute atomic E-state index is 0.335. The molecule has 2 aromatic heterocycles. The van der Waals surface area contributed by atoms with Crippen molar-refractivity contribution in [3.05, 3.63) is 35.8 Å². The van der Waals surface area contributed by atoms with E-state index in [1.807, 2.05) is 17.8 Å². The Bertz CT molecular complexity index is 626. The van der Waals surface area contributed by atoms with Crippen LogP contribution in [-0.4, -0.2) is 33.1 Å². The summed E-state index contributed by atoms with van der Waals surface area (Å²) in [7, 11) is 0. The fraction of sp³-hybridized carbons (Fsp3) is 0.385. The highest BCUT2D eigenvalue weighted by Gasteiger charge is 2.27. The Morgan fingerprint density at radius 2 is 2.37 bits per heavy atom. The first-order valence-electron chi connectivity index (χ1n) is 6.25. The van der Waals surface area contributed by atoms with Gasteiger partial charge in [-0.15, -0.1) is 5.10 Å². The molecule has 1 aliphatic rings. The number of rotatable bonds is 2. The van der Waals surface area contributed by atoms with Gasteiger partial charge in [0.15, 0.2) is 5.82 Å². The molecule has 2 aromatic rings. The highest BCUT2D eigenvalue weighted by atomic mass is 15.3. The minimum atomic E-state index is 0.335. The molecule has 1 atom stereocenters. The topological polar surface area (TPSA) is 70.6 Å². The fourth-order valence-electron chi connectivity index (χ4n) is 2.43. The summed E-state index contributed by atoms with van der Waals surface area (Å²) < 4.78 is 2.00. The van der Waals surface area contributed by atoms with Gasteiger partial charge in [0.2, 0.25) is 0 Å². The van der Waals surface area contributed by atoms with Crippen molar-refractivity contribution in [2.45, 2.75) is 19.4 Å². The molecule has 6 heteroatoms. The number of nitrogens with zero attached hydrogens (tertiary/aromatic N) is 6. The number of hydrogen-bond donors (Lipinski definition) is 0. The first-order valence-corrected chi connectivity index (χ1v) is 6.25. The van der Waals surface area contributed by atoms with Gasteiger partial charge in [-0.2, -0.15) is 15.5 Å². The van der Waals surface area contributed by atoms with Gasteiger partial charge in [0.05, 0.1) is 24.0 Å². The Kier molecular flexibility index (Phi) is 2.88. The van der Waals surface area contributed by atoms with Crippen LogP contribution in [0.15, 0.2) is 24.7 Å². The largest absolute Gasteiger partial charge is 0.352 e. The molecule has 0 bridgehead atoms. The van der Waals surface area contributed by atoms with Crippen LogP contribution >= 0.6 is 0 Å². The Morgan fingerprint density at radius 3 is 3.11 bits per heavy atom. The van der Waals surface area contributed by atoms with Crippen LogP contribution in [0.1, 0.15) is 23.6 Å². The molecule has 3 heterocycles. The van der Waals surface area contributed by atoms with Crippen molar-refractivity contribution < 1.29 is 0 Å². The van der Waals surface area contributed by atoms with Crippen LogP contribution in [0, 0.1) is 18.3 Å². The van der Waals surface area contributed by atoms with Crippen molar-refractivity contribution in [1.29, 1.82) is 5.26 Å². The molecule has 96 valence electrons. The minimum Gasteiger partial charge on any atom is -0.352 e. The maximum absolute atomic E-state index is 9.10. The number of nitriles is 1. The molecule has 0 amide bonds. The van der Waals surface area contributed by atoms with E-state index in [0.717, 1.165) is 25.1 Å². The third kappa shape index (κ3) is 2.15. The summed E-state index contributed by atoms with van der Waals surface area (Å²) >= 11 is 0. The first-order chi connectivity index (χ1) is 9.28. The normalized spacial score (nSPS) is 18.5. The van der Waals surface area contributed by atoms with E-state index in [9.17, 15) is 0 Å². The molecule has 0 spiro atoms. The second-order valence-corrected chi connectivity index (χ2v) is 4.77. The van der Waals surface area contributed by atoms with E-state index in [4.69, 9.17) is 5.26 Å². The maximum Gasteiger partial charge on any atom is 0.169 e. The van der Waals surface area contributed by atoms with E-state index in [1.165, 1.54) is 0 Å². The number of anilines is 1. The molecular weight excluding hydrogens is 240 g/mol. The zero-order valence-electron chi connectivity index (χ0n) is 10.7. The lowest BCUT2D eigenvalue weighted by molar-refractivity contribution is 0.494. The lowest BCUT2D eigenvalue weighted by Gasteiger charge is -2.17. The number of aryl methyl sites for hydroxylation is 1. The van der Waals surface area contributed by atoms with Gasteiger partial charge in [0, 0.05) is 19.3 Å². The molecule has 1 unspecified atom stereocenters. The zero-order chi connectivity index (χ0) is 13.2. The Hall–Kier alpha value is -2.42. The van der Waals surface area contributed by atoms with E-state index in [2.05, 4.69) is 32.5 Å². The smallest absolute Gasteiger partial charge is 0.169 e. The van der Waals surface area contributed by atoms with Gasteiger partial charge in [-0.1, -0.05) is 0 Å². The lowest BCUT2D eigenvalue weighted by Crippen LogP contribution is -2.23. The van der Waals surface area contributed by atoms with Gasteiger partial charge in [0.25, 0.3) is 0 Å². The Labute approximate surface area is 111 Å². The molecule has 6 nitrogen and oxygen atoms in total. The predicted octanol–water partition coefficient (Wildman–Crippen LogP) is 1.30. The molecule has 1 fully saturated rings. The summed E-state index contributed by atoms with van der Waals surface area (Å²) in [5, 5.41) is 21.4. The second kappa shape index (κ2) is 4.69. The third-order valence-corrected chi connectivity index (χ3v) is 3.39. The standard InChI is InChI=1S/C13H14N6/c1-10-7-16-19(8-10)12-3-5-18(9-12)13-11(6-14)2-4-15-17-13/h2,4,7-8,12H,3,5,9H2,1H3. The van der Waals surface area contributed by atoms with Gasteiger partial charge < -0.3 is 4.90 Å². The molecule has 0 N–H and O–H groups in total. The van der Waals surface area contributed by atoms with Crippen LogP contribution in [0.4, 0.5) is 5.82 Å². The molecule has 19 heavy (non-hydrogen) atoms. The summed E-state index contributed by atoms with van der Waals surface area (Å²) in [6, 6.07) is 4.20. The molecule has 0 radical (unpaired) electrons.